The van der Waals surface area contributed by atoms with Crippen molar-refractivity contribution < 1.29 is 23.8 Å². The van der Waals surface area contributed by atoms with Gasteiger partial charge in [-0.05, 0) is 48.4 Å². The van der Waals surface area contributed by atoms with Crippen LogP contribution in [-0.4, -0.2) is 25.7 Å². The van der Waals surface area contributed by atoms with Crippen LogP contribution in [-0.2, 0) is 4.74 Å². The van der Waals surface area contributed by atoms with Crippen molar-refractivity contribution >= 4 is 27.9 Å². The summed E-state index contributed by atoms with van der Waals surface area (Å²) in [5.41, 5.74) is 0.526. The van der Waals surface area contributed by atoms with Crippen LogP contribution < -0.4 is 9.47 Å². The summed E-state index contributed by atoms with van der Waals surface area (Å²) in [6.07, 6.45) is 0. The number of methoxy groups -OCH3 is 1. The minimum absolute atomic E-state index is 0.139. The van der Waals surface area contributed by atoms with Gasteiger partial charge < -0.3 is 14.2 Å². The lowest BCUT2D eigenvalue weighted by Gasteiger charge is -2.11. The molecule has 0 amide bonds. The quantitative estimate of drug-likeness (QED) is 0.522. The lowest BCUT2D eigenvalue weighted by atomic mass is 10.2. The third-order valence-electron chi connectivity index (χ3n) is 3.22. The molecule has 2 aromatic rings. The van der Waals surface area contributed by atoms with Crippen molar-refractivity contribution in [1.82, 2.24) is 0 Å². The highest BCUT2D eigenvalue weighted by Crippen LogP contribution is 2.25. The second-order valence-electron chi connectivity index (χ2n) is 5.75. The van der Waals surface area contributed by atoms with E-state index in [1.165, 1.54) is 19.2 Å². The Kier molecular flexibility index (Phi) is 6.58. The van der Waals surface area contributed by atoms with Gasteiger partial charge in [-0.3, -0.25) is 0 Å². The average molecular weight is 407 g/mol. The molecule has 0 fully saturated rings. The highest BCUT2D eigenvalue weighted by Gasteiger charge is 2.17. The van der Waals surface area contributed by atoms with E-state index in [4.69, 9.17) is 14.2 Å². The Hall–Kier alpha value is -2.34. The lowest BCUT2D eigenvalue weighted by Crippen LogP contribution is -2.12. The number of hydrogen-bond acceptors (Lipinski definition) is 5. The van der Waals surface area contributed by atoms with Crippen molar-refractivity contribution in [3.05, 3.63) is 58.1 Å². The standard InChI is InChI=1S/C19H19BrO5/c1-12(2)11-24-15-7-4-13(5-8-15)18(21)25-17-9-6-14(20)10-16(17)19(22)23-3/h4-10,12H,11H2,1-3H3. The van der Waals surface area contributed by atoms with Crippen LogP contribution >= 0.6 is 15.9 Å². The number of benzene rings is 2. The van der Waals surface area contributed by atoms with E-state index >= 15 is 0 Å². The van der Waals surface area contributed by atoms with Gasteiger partial charge in [-0.2, -0.15) is 0 Å². The van der Waals surface area contributed by atoms with Crippen LogP contribution in [0.25, 0.3) is 0 Å². The van der Waals surface area contributed by atoms with Gasteiger partial charge in [0.15, 0.2) is 0 Å². The number of rotatable bonds is 6. The number of halogens is 1. The molecule has 0 atom stereocenters. The van der Waals surface area contributed by atoms with Gasteiger partial charge in [0.2, 0.25) is 0 Å². The van der Waals surface area contributed by atoms with Crippen molar-refractivity contribution in [3.63, 3.8) is 0 Å². The van der Waals surface area contributed by atoms with E-state index in [9.17, 15) is 9.59 Å². The smallest absolute Gasteiger partial charge is 0.343 e. The number of carbonyl (C=O) groups is 2. The Morgan fingerprint density at radius 1 is 1.04 bits per heavy atom. The fourth-order valence-corrected chi connectivity index (χ4v) is 2.33. The molecule has 0 aliphatic heterocycles. The van der Waals surface area contributed by atoms with E-state index in [0.717, 1.165) is 0 Å². The molecule has 0 unspecified atom stereocenters. The second kappa shape index (κ2) is 8.67. The molecule has 0 bridgehead atoms. The highest BCUT2D eigenvalue weighted by atomic mass is 79.9. The maximum absolute atomic E-state index is 12.3. The van der Waals surface area contributed by atoms with E-state index in [0.29, 0.717) is 28.3 Å². The van der Waals surface area contributed by atoms with Gasteiger partial charge in [0.05, 0.1) is 19.3 Å². The predicted octanol–water partition coefficient (Wildman–Crippen LogP) is 4.49. The molecule has 25 heavy (non-hydrogen) atoms. The zero-order chi connectivity index (χ0) is 18.4. The zero-order valence-corrected chi connectivity index (χ0v) is 15.8. The molecular formula is C19H19BrO5. The van der Waals surface area contributed by atoms with Crippen LogP contribution in [0.15, 0.2) is 46.9 Å². The van der Waals surface area contributed by atoms with E-state index < -0.39 is 11.9 Å². The first kappa shape index (κ1) is 19.0. The Morgan fingerprint density at radius 2 is 1.72 bits per heavy atom. The number of hydrogen-bond donors (Lipinski definition) is 0. The minimum Gasteiger partial charge on any atom is -0.493 e. The second-order valence-corrected chi connectivity index (χ2v) is 6.67. The lowest BCUT2D eigenvalue weighted by molar-refractivity contribution is 0.0593. The van der Waals surface area contributed by atoms with Gasteiger partial charge in [0, 0.05) is 4.47 Å². The summed E-state index contributed by atoms with van der Waals surface area (Å²) < 4.78 is 16.3. The molecule has 0 aliphatic rings. The van der Waals surface area contributed by atoms with Gasteiger partial charge in [-0.15, -0.1) is 0 Å². The molecule has 0 radical (unpaired) electrons. The fourth-order valence-electron chi connectivity index (χ4n) is 1.97. The van der Waals surface area contributed by atoms with E-state index in [2.05, 4.69) is 29.8 Å². The SMILES string of the molecule is COC(=O)c1cc(Br)ccc1OC(=O)c1ccc(OCC(C)C)cc1. The molecule has 132 valence electrons. The molecule has 2 rings (SSSR count). The third-order valence-corrected chi connectivity index (χ3v) is 3.72. The Bertz CT molecular complexity index is 753. The topological polar surface area (TPSA) is 61.8 Å². The van der Waals surface area contributed by atoms with Gasteiger partial charge >= 0.3 is 11.9 Å². The predicted molar refractivity (Wildman–Crippen MR) is 97.2 cm³/mol. The van der Waals surface area contributed by atoms with Gasteiger partial charge in [-0.25, -0.2) is 9.59 Å². The molecule has 0 N–H and O–H groups in total. The summed E-state index contributed by atoms with van der Waals surface area (Å²) >= 11 is 3.28. The molecule has 2 aromatic carbocycles. The first-order valence-corrected chi connectivity index (χ1v) is 8.53. The molecule has 0 spiro atoms. The maximum atomic E-state index is 12.3. The van der Waals surface area contributed by atoms with Crippen LogP contribution in [0, 0.1) is 5.92 Å². The Morgan fingerprint density at radius 3 is 2.32 bits per heavy atom. The molecule has 5 nitrogen and oxygen atoms in total. The fraction of sp³-hybridized carbons (Fsp3) is 0.263. The van der Waals surface area contributed by atoms with Gasteiger partial charge in [0.25, 0.3) is 0 Å². The number of ether oxygens (including phenoxy) is 3. The molecule has 0 aliphatic carbocycles. The van der Waals surface area contributed by atoms with Crippen LogP contribution in [0.1, 0.15) is 34.6 Å². The summed E-state index contributed by atoms with van der Waals surface area (Å²) in [5.74, 6) is 0.0903. The number of carbonyl (C=O) groups excluding carboxylic acids is 2. The summed E-state index contributed by atoms with van der Waals surface area (Å²) in [6, 6.07) is 11.4. The van der Waals surface area contributed by atoms with Crippen LogP contribution in [0.2, 0.25) is 0 Å². The molecule has 0 heterocycles. The van der Waals surface area contributed by atoms with Crippen molar-refractivity contribution in [2.24, 2.45) is 5.92 Å². The summed E-state index contributed by atoms with van der Waals surface area (Å²) in [4.78, 5) is 24.1. The minimum atomic E-state index is -0.582. The summed E-state index contributed by atoms with van der Waals surface area (Å²) in [6.45, 7) is 4.72. The normalized spacial score (nSPS) is 10.4. The Labute approximate surface area is 155 Å². The summed E-state index contributed by atoms with van der Waals surface area (Å²) in [5, 5.41) is 0. The van der Waals surface area contributed by atoms with E-state index in [1.807, 2.05) is 0 Å². The molecule has 0 saturated heterocycles. The van der Waals surface area contributed by atoms with Gasteiger partial charge in [-0.1, -0.05) is 29.8 Å². The van der Waals surface area contributed by atoms with Crippen LogP contribution in [0.4, 0.5) is 0 Å². The van der Waals surface area contributed by atoms with Crippen LogP contribution in [0.5, 0.6) is 11.5 Å². The van der Waals surface area contributed by atoms with Crippen molar-refractivity contribution in [2.75, 3.05) is 13.7 Å². The molecule has 6 heteroatoms. The maximum Gasteiger partial charge on any atom is 0.343 e. The first-order valence-electron chi connectivity index (χ1n) is 7.73. The van der Waals surface area contributed by atoms with E-state index in [-0.39, 0.29) is 11.3 Å². The average Bonchev–Trinajstić information content (AvgIpc) is 2.61. The van der Waals surface area contributed by atoms with E-state index in [1.54, 1.807) is 30.3 Å². The van der Waals surface area contributed by atoms with Crippen molar-refractivity contribution in [3.8, 4) is 11.5 Å². The van der Waals surface area contributed by atoms with Crippen molar-refractivity contribution in [1.29, 1.82) is 0 Å². The largest absolute Gasteiger partial charge is 0.493 e. The molecule has 0 aromatic heterocycles. The van der Waals surface area contributed by atoms with Gasteiger partial charge in [0.1, 0.15) is 17.1 Å². The third kappa shape index (κ3) is 5.32. The summed E-state index contributed by atoms with van der Waals surface area (Å²) in [7, 11) is 1.27. The van der Waals surface area contributed by atoms with Crippen molar-refractivity contribution in [2.45, 2.75) is 13.8 Å². The monoisotopic (exact) mass is 406 g/mol. The molecule has 0 saturated carbocycles. The highest BCUT2D eigenvalue weighted by molar-refractivity contribution is 9.10. The van der Waals surface area contributed by atoms with Crippen LogP contribution in [0.3, 0.4) is 0 Å². The number of esters is 2. The molecular weight excluding hydrogens is 388 g/mol. The zero-order valence-electron chi connectivity index (χ0n) is 14.2. The first-order chi connectivity index (χ1) is 11.9. The Balaban J connectivity index is 2.13.